The maximum atomic E-state index is 11.7. The van der Waals surface area contributed by atoms with Gasteiger partial charge < -0.3 is 5.32 Å². The van der Waals surface area contributed by atoms with Crippen molar-refractivity contribution in [1.29, 1.82) is 0 Å². The second-order valence-electron chi connectivity index (χ2n) is 4.28. The highest BCUT2D eigenvalue weighted by Gasteiger charge is 2.03. The van der Waals surface area contributed by atoms with Gasteiger partial charge in [0.2, 0.25) is 5.91 Å². The van der Waals surface area contributed by atoms with Crippen LogP contribution in [0, 0.1) is 0 Å². The van der Waals surface area contributed by atoms with Gasteiger partial charge in [0.15, 0.2) is 0 Å². The number of amides is 1. The molecule has 0 saturated heterocycles. The van der Waals surface area contributed by atoms with Crippen LogP contribution in [0.2, 0.25) is 4.34 Å². The van der Waals surface area contributed by atoms with Crippen LogP contribution < -0.4 is 5.32 Å². The number of carbonyl (C=O) groups excluding carboxylic acids is 1. The van der Waals surface area contributed by atoms with Crippen molar-refractivity contribution in [3.05, 3.63) is 57.2 Å². The molecule has 2 nitrogen and oxygen atoms in total. The zero-order chi connectivity index (χ0) is 14.2. The topological polar surface area (TPSA) is 29.1 Å². The Bertz CT molecular complexity index is 542. The molecule has 1 aromatic carbocycles. The molecule has 0 fully saturated rings. The van der Waals surface area contributed by atoms with E-state index in [1.807, 2.05) is 30.3 Å². The van der Waals surface area contributed by atoms with Gasteiger partial charge in [0.25, 0.3) is 0 Å². The molecule has 20 heavy (non-hydrogen) atoms. The van der Waals surface area contributed by atoms with Gasteiger partial charge >= 0.3 is 0 Å². The number of carbonyl (C=O) groups is 1. The lowest BCUT2D eigenvalue weighted by Gasteiger charge is -2.05. The van der Waals surface area contributed by atoms with Crippen molar-refractivity contribution >= 4 is 40.6 Å². The van der Waals surface area contributed by atoms with Crippen molar-refractivity contribution < 1.29 is 4.79 Å². The summed E-state index contributed by atoms with van der Waals surface area (Å²) in [5, 5.41) is 2.94. The third kappa shape index (κ3) is 5.57. The first-order chi connectivity index (χ1) is 9.74. The molecule has 0 bridgehead atoms. The first-order valence-corrected chi connectivity index (χ1v) is 8.71. The number of hydrogen-bond donors (Lipinski definition) is 1. The molecular weight excluding hydrogens is 310 g/mol. The lowest BCUT2D eigenvalue weighted by atomic mass is 10.1. The van der Waals surface area contributed by atoms with Crippen molar-refractivity contribution in [2.75, 3.05) is 12.3 Å². The molecule has 2 aromatic rings. The Labute approximate surface area is 132 Å². The molecule has 1 N–H and O–H groups in total. The zero-order valence-corrected chi connectivity index (χ0v) is 13.4. The van der Waals surface area contributed by atoms with Gasteiger partial charge in [-0.1, -0.05) is 41.9 Å². The second kappa shape index (κ2) is 8.35. The highest BCUT2D eigenvalue weighted by molar-refractivity contribution is 7.99. The van der Waals surface area contributed by atoms with Crippen LogP contribution in [0.5, 0.6) is 0 Å². The number of nitrogens with one attached hydrogen (secondary N) is 1. The minimum absolute atomic E-state index is 0.0913. The molecule has 0 radical (unpaired) electrons. The van der Waals surface area contributed by atoms with Gasteiger partial charge in [-0.25, -0.2) is 0 Å². The largest absolute Gasteiger partial charge is 0.355 e. The van der Waals surface area contributed by atoms with Crippen LogP contribution in [0.3, 0.4) is 0 Å². The predicted octanol–water partition coefficient (Wildman–Crippen LogP) is 3.99. The fourth-order valence-electron chi connectivity index (χ4n) is 1.72. The number of thiophene rings is 1. The summed E-state index contributed by atoms with van der Waals surface area (Å²) in [4.78, 5) is 12.9. The molecule has 0 aliphatic rings. The lowest BCUT2D eigenvalue weighted by molar-refractivity contribution is -0.118. The summed E-state index contributed by atoms with van der Waals surface area (Å²) in [6.45, 7) is 0.689. The third-order valence-electron chi connectivity index (χ3n) is 2.69. The van der Waals surface area contributed by atoms with E-state index in [4.69, 9.17) is 11.6 Å². The summed E-state index contributed by atoms with van der Waals surface area (Å²) in [5.41, 5.74) is 1.24. The maximum Gasteiger partial charge on any atom is 0.230 e. The Morgan fingerprint density at radius 1 is 1.20 bits per heavy atom. The minimum atomic E-state index is 0.0913. The number of hydrogen-bond acceptors (Lipinski definition) is 3. The normalized spacial score (nSPS) is 10.4. The van der Waals surface area contributed by atoms with Gasteiger partial charge in [-0.15, -0.1) is 23.1 Å². The third-order valence-corrected chi connectivity index (χ3v) is 5.08. The van der Waals surface area contributed by atoms with E-state index in [1.54, 1.807) is 23.1 Å². The van der Waals surface area contributed by atoms with Crippen LogP contribution in [0.4, 0.5) is 0 Å². The molecule has 0 unspecified atom stereocenters. The SMILES string of the molecule is O=C(CSCc1ccc(Cl)s1)NCCc1ccccc1. The van der Waals surface area contributed by atoms with Gasteiger partial charge in [0.1, 0.15) is 0 Å². The van der Waals surface area contributed by atoms with Gasteiger partial charge in [-0.2, -0.15) is 0 Å². The molecule has 1 heterocycles. The van der Waals surface area contributed by atoms with Crippen LogP contribution in [0.25, 0.3) is 0 Å². The summed E-state index contributed by atoms with van der Waals surface area (Å²) in [6.07, 6.45) is 0.873. The molecule has 2 rings (SSSR count). The lowest BCUT2D eigenvalue weighted by Crippen LogP contribution is -2.27. The smallest absolute Gasteiger partial charge is 0.230 e. The quantitative estimate of drug-likeness (QED) is 0.834. The van der Waals surface area contributed by atoms with Crippen LogP contribution in [-0.4, -0.2) is 18.2 Å². The monoisotopic (exact) mass is 325 g/mol. The van der Waals surface area contributed by atoms with E-state index in [0.717, 1.165) is 16.5 Å². The number of thioether (sulfide) groups is 1. The number of halogens is 1. The Kier molecular flexibility index (Phi) is 6.43. The Balaban J connectivity index is 1.59. The average Bonchev–Trinajstić information content (AvgIpc) is 2.86. The predicted molar refractivity (Wildman–Crippen MR) is 88.6 cm³/mol. The van der Waals surface area contributed by atoms with E-state index in [9.17, 15) is 4.79 Å². The van der Waals surface area contributed by atoms with Gasteiger partial charge in [-0.3, -0.25) is 4.79 Å². The van der Waals surface area contributed by atoms with E-state index >= 15 is 0 Å². The molecule has 106 valence electrons. The van der Waals surface area contributed by atoms with Gasteiger partial charge in [0.05, 0.1) is 10.1 Å². The highest BCUT2D eigenvalue weighted by Crippen LogP contribution is 2.24. The van der Waals surface area contributed by atoms with Crippen LogP contribution in [0.1, 0.15) is 10.4 Å². The minimum Gasteiger partial charge on any atom is -0.355 e. The summed E-state index contributed by atoms with van der Waals surface area (Å²) >= 11 is 9.04. The van der Waals surface area contributed by atoms with Crippen LogP contribution in [-0.2, 0) is 17.0 Å². The summed E-state index contributed by atoms with van der Waals surface area (Å²) in [5.74, 6) is 1.42. The van der Waals surface area contributed by atoms with Crippen molar-refractivity contribution in [2.45, 2.75) is 12.2 Å². The molecule has 1 aromatic heterocycles. The molecule has 0 spiro atoms. The van der Waals surface area contributed by atoms with Crippen LogP contribution in [0.15, 0.2) is 42.5 Å². The maximum absolute atomic E-state index is 11.7. The zero-order valence-electron chi connectivity index (χ0n) is 11.0. The van der Waals surface area contributed by atoms with E-state index in [2.05, 4.69) is 17.4 Å². The van der Waals surface area contributed by atoms with E-state index in [1.165, 1.54) is 10.4 Å². The summed E-state index contributed by atoms with van der Waals surface area (Å²) in [7, 11) is 0. The first-order valence-electron chi connectivity index (χ1n) is 6.36. The Hall–Kier alpha value is -0.970. The Morgan fingerprint density at radius 2 is 2.00 bits per heavy atom. The molecule has 0 aliphatic carbocycles. The number of rotatable bonds is 7. The van der Waals surface area contributed by atoms with Gasteiger partial charge in [0, 0.05) is 17.2 Å². The fourth-order valence-corrected chi connectivity index (χ4v) is 3.77. The fraction of sp³-hybridized carbons (Fsp3) is 0.267. The van der Waals surface area contributed by atoms with Crippen molar-refractivity contribution in [2.24, 2.45) is 0 Å². The van der Waals surface area contributed by atoms with E-state index in [0.29, 0.717) is 12.3 Å². The highest BCUT2D eigenvalue weighted by atomic mass is 35.5. The molecule has 0 saturated carbocycles. The Morgan fingerprint density at radius 3 is 2.70 bits per heavy atom. The summed E-state index contributed by atoms with van der Waals surface area (Å²) in [6, 6.07) is 14.1. The standard InChI is InChI=1S/C15H16ClNOS2/c16-14-7-6-13(20-14)10-19-11-15(18)17-9-8-12-4-2-1-3-5-12/h1-7H,8-11H2,(H,17,18). The van der Waals surface area contributed by atoms with Crippen molar-refractivity contribution in [3.8, 4) is 0 Å². The first kappa shape index (κ1) is 15.4. The van der Waals surface area contributed by atoms with Crippen LogP contribution >= 0.6 is 34.7 Å². The van der Waals surface area contributed by atoms with E-state index in [-0.39, 0.29) is 5.91 Å². The van der Waals surface area contributed by atoms with Gasteiger partial charge in [-0.05, 0) is 24.1 Å². The van der Waals surface area contributed by atoms with E-state index < -0.39 is 0 Å². The molecule has 1 amide bonds. The van der Waals surface area contributed by atoms with Crippen molar-refractivity contribution in [1.82, 2.24) is 5.32 Å². The summed E-state index contributed by atoms with van der Waals surface area (Å²) < 4.78 is 0.799. The van der Waals surface area contributed by atoms with Crippen molar-refractivity contribution in [3.63, 3.8) is 0 Å². The average molecular weight is 326 g/mol. The molecule has 5 heteroatoms. The molecule has 0 atom stereocenters. The number of benzene rings is 1. The second-order valence-corrected chi connectivity index (χ2v) is 7.07. The molecular formula is C15H16ClNOS2. The molecule has 0 aliphatic heterocycles.